The minimum absolute atomic E-state index is 0. The molecule has 1 atom stereocenters. The summed E-state index contributed by atoms with van der Waals surface area (Å²) in [5.74, 6) is 0.168. The van der Waals surface area contributed by atoms with Crippen LogP contribution in [-0.2, 0) is 9.53 Å². The summed E-state index contributed by atoms with van der Waals surface area (Å²) in [7, 11) is 0. The SMILES string of the molecule is CC.CC(C)(C)COCCC(=O)N1CC[C@@H](N)C1.[HH]. The van der Waals surface area contributed by atoms with Gasteiger partial charge in [0.1, 0.15) is 0 Å². The average molecular weight is 260 g/mol. The normalized spacial score (nSPS) is 19.4. The van der Waals surface area contributed by atoms with Crippen LogP contribution in [-0.4, -0.2) is 43.2 Å². The highest BCUT2D eigenvalue weighted by Crippen LogP contribution is 2.13. The van der Waals surface area contributed by atoms with Crippen molar-refractivity contribution in [3.8, 4) is 0 Å². The maximum atomic E-state index is 11.7. The number of hydrogen-bond acceptors (Lipinski definition) is 3. The molecule has 0 aliphatic carbocycles. The second kappa shape index (κ2) is 8.48. The van der Waals surface area contributed by atoms with E-state index in [9.17, 15) is 4.79 Å². The molecule has 0 saturated carbocycles. The molecule has 1 heterocycles. The van der Waals surface area contributed by atoms with Crippen molar-refractivity contribution in [1.29, 1.82) is 0 Å². The molecule has 1 aliphatic heterocycles. The van der Waals surface area contributed by atoms with Crippen LogP contribution in [0.15, 0.2) is 0 Å². The second-order valence-corrected chi connectivity index (χ2v) is 5.75. The maximum Gasteiger partial charge on any atom is 0.224 e. The Balaban J connectivity index is 0. The Kier molecular flexibility index (Phi) is 8.20. The largest absolute Gasteiger partial charge is 0.380 e. The molecule has 4 nitrogen and oxygen atoms in total. The quantitative estimate of drug-likeness (QED) is 0.789. The van der Waals surface area contributed by atoms with Crippen LogP contribution in [0.1, 0.15) is 48.9 Å². The van der Waals surface area contributed by atoms with Crippen LogP contribution in [0.2, 0.25) is 0 Å². The Morgan fingerprint density at radius 1 is 1.44 bits per heavy atom. The molecule has 1 rings (SSSR count). The summed E-state index contributed by atoms with van der Waals surface area (Å²) < 4.78 is 5.48. The van der Waals surface area contributed by atoms with Gasteiger partial charge < -0.3 is 15.4 Å². The zero-order valence-electron chi connectivity index (χ0n) is 12.7. The molecular formula is C14H32N2O2. The maximum absolute atomic E-state index is 11.7. The Hall–Kier alpha value is -0.610. The summed E-state index contributed by atoms with van der Waals surface area (Å²) >= 11 is 0. The predicted octanol–water partition coefficient (Wildman–Crippen LogP) is 2.27. The first kappa shape index (κ1) is 17.4. The molecule has 0 spiro atoms. The Morgan fingerprint density at radius 3 is 2.50 bits per heavy atom. The fourth-order valence-corrected chi connectivity index (χ4v) is 1.71. The van der Waals surface area contributed by atoms with Crippen molar-refractivity contribution < 1.29 is 11.0 Å². The molecule has 0 aromatic carbocycles. The summed E-state index contributed by atoms with van der Waals surface area (Å²) in [6, 6.07) is 0.166. The lowest BCUT2D eigenvalue weighted by molar-refractivity contribution is -0.131. The van der Waals surface area contributed by atoms with Gasteiger partial charge in [0.05, 0.1) is 19.6 Å². The van der Waals surface area contributed by atoms with Gasteiger partial charge in [-0.3, -0.25) is 4.79 Å². The van der Waals surface area contributed by atoms with Crippen molar-refractivity contribution in [2.75, 3.05) is 26.3 Å². The third kappa shape index (κ3) is 7.67. The first-order chi connectivity index (χ1) is 8.38. The van der Waals surface area contributed by atoms with Gasteiger partial charge in [-0.05, 0) is 11.8 Å². The summed E-state index contributed by atoms with van der Waals surface area (Å²) in [4.78, 5) is 13.5. The van der Waals surface area contributed by atoms with Crippen molar-refractivity contribution >= 4 is 5.91 Å². The van der Waals surface area contributed by atoms with Crippen LogP contribution in [0.25, 0.3) is 0 Å². The van der Waals surface area contributed by atoms with Crippen molar-refractivity contribution in [3.63, 3.8) is 0 Å². The standard InChI is InChI=1S/C12H24N2O2.C2H6.H2/c1-12(2,3)9-16-7-5-11(15)14-6-4-10(13)8-14;1-2;/h10H,4-9,13H2,1-3H3;1-2H3;1H/t10-;;/m1../s1. The molecule has 0 aromatic heterocycles. The molecular weight excluding hydrogens is 228 g/mol. The molecule has 1 fully saturated rings. The smallest absolute Gasteiger partial charge is 0.224 e. The summed E-state index contributed by atoms with van der Waals surface area (Å²) in [6.07, 6.45) is 1.40. The predicted molar refractivity (Wildman–Crippen MR) is 77.5 cm³/mol. The number of rotatable bonds is 4. The van der Waals surface area contributed by atoms with E-state index in [1.165, 1.54) is 0 Å². The summed E-state index contributed by atoms with van der Waals surface area (Å²) in [6.45, 7) is 13.1. The number of hydrogen-bond donors (Lipinski definition) is 1. The molecule has 0 unspecified atom stereocenters. The number of ether oxygens (including phenoxy) is 1. The van der Waals surface area contributed by atoms with Gasteiger partial charge in [-0.2, -0.15) is 0 Å². The third-order valence-corrected chi connectivity index (χ3v) is 2.57. The number of nitrogens with two attached hydrogens (primary N) is 1. The van der Waals surface area contributed by atoms with Gasteiger partial charge >= 0.3 is 0 Å². The molecule has 18 heavy (non-hydrogen) atoms. The van der Waals surface area contributed by atoms with E-state index >= 15 is 0 Å². The molecule has 4 heteroatoms. The molecule has 1 amide bonds. The van der Waals surface area contributed by atoms with E-state index in [0.717, 1.165) is 13.0 Å². The summed E-state index contributed by atoms with van der Waals surface area (Å²) in [5.41, 5.74) is 5.92. The lowest BCUT2D eigenvalue weighted by Crippen LogP contribution is -2.32. The van der Waals surface area contributed by atoms with Gasteiger partial charge in [0.2, 0.25) is 5.91 Å². The first-order valence-corrected chi connectivity index (χ1v) is 6.99. The summed E-state index contributed by atoms with van der Waals surface area (Å²) in [5, 5.41) is 0. The van der Waals surface area contributed by atoms with Crippen LogP contribution in [0.5, 0.6) is 0 Å². The minimum Gasteiger partial charge on any atom is -0.380 e. The van der Waals surface area contributed by atoms with Gasteiger partial charge in [-0.15, -0.1) is 0 Å². The fraction of sp³-hybridized carbons (Fsp3) is 0.929. The van der Waals surface area contributed by atoms with Gasteiger partial charge in [0, 0.05) is 20.6 Å². The van der Waals surface area contributed by atoms with Crippen LogP contribution in [0, 0.1) is 5.41 Å². The van der Waals surface area contributed by atoms with E-state index in [2.05, 4.69) is 20.8 Å². The van der Waals surface area contributed by atoms with E-state index < -0.39 is 0 Å². The zero-order chi connectivity index (χ0) is 14.2. The van der Waals surface area contributed by atoms with E-state index in [-0.39, 0.29) is 18.8 Å². The van der Waals surface area contributed by atoms with Gasteiger partial charge in [0.15, 0.2) is 0 Å². The Bertz CT molecular complexity index is 242. The molecule has 1 aliphatic rings. The minimum atomic E-state index is 0. The molecule has 0 aromatic rings. The highest BCUT2D eigenvalue weighted by atomic mass is 16.5. The number of nitrogens with zero attached hydrogens (tertiary/aromatic N) is 1. The van der Waals surface area contributed by atoms with Crippen LogP contribution < -0.4 is 5.73 Å². The van der Waals surface area contributed by atoms with Crippen molar-refractivity contribution in [3.05, 3.63) is 0 Å². The van der Waals surface area contributed by atoms with Crippen LogP contribution in [0.4, 0.5) is 0 Å². The average Bonchev–Trinajstić information content (AvgIpc) is 2.72. The molecule has 2 N–H and O–H groups in total. The highest BCUT2D eigenvalue weighted by Gasteiger charge is 2.23. The Labute approximate surface area is 113 Å². The Morgan fingerprint density at radius 2 is 2.06 bits per heavy atom. The van der Waals surface area contributed by atoms with Crippen molar-refractivity contribution in [2.45, 2.75) is 53.5 Å². The van der Waals surface area contributed by atoms with E-state index in [0.29, 0.717) is 26.2 Å². The fourth-order valence-electron chi connectivity index (χ4n) is 1.71. The van der Waals surface area contributed by atoms with Gasteiger partial charge in [-0.25, -0.2) is 0 Å². The lowest BCUT2D eigenvalue weighted by Gasteiger charge is -2.19. The number of amides is 1. The van der Waals surface area contributed by atoms with E-state index in [1.807, 2.05) is 18.7 Å². The van der Waals surface area contributed by atoms with Crippen molar-refractivity contribution in [1.82, 2.24) is 4.90 Å². The third-order valence-electron chi connectivity index (χ3n) is 2.57. The van der Waals surface area contributed by atoms with E-state index in [1.54, 1.807) is 0 Å². The molecule has 0 radical (unpaired) electrons. The highest BCUT2D eigenvalue weighted by molar-refractivity contribution is 5.76. The van der Waals surface area contributed by atoms with Gasteiger partial charge in [0.25, 0.3) is 0 Å². The topological polar surface area (TPSA) is 55.6 Å². The second-order valence-electron chi connectivity index (χ2n) is 5.75. The van der Waals surface area contributed by atoms with Crippen LogP contribution in [0.3, 0.4) is 0 Å². The zero-order valence-corrected chi connectivity index (χ0v) is 12.7. The molecule has 0 bridgehead atoms. The van der Waals surface area contributed by atoms with Crippen molar-refractivity contribution in [2.24, 2.45) is 11.1 Å². The number of likely N-dealkylation sites (tertiary alicyclic amines) is 1. The molecule has 110 valence electrons. The van der Waals surface area contributed by atoms with Gasteiger partial charge in [-0.1, -0.05) is 34.6 Å². The van der Waals surface area contributed by atoms with E-state index in [4.69, 9.17) is 10.5 Å². The van der Waals surface area contributed by atoms with Crippen LogP contribution >= 0.6 is 0 Å². The molecule has 1 saturated heterocycles. The number of carbonyl (C=O) groups is 1. The first-order valence-electron chi connectivity index (χ1n) is 6.99. The number of carbonyl (C=O) groups excluding carboxylic acids is 1. The lowest BCUT2D eigenvalue weighted by atomic mass is 9.99. The monoisotopic (exact) mass is 260 g/mol.